The number of methoxy groups -OCH3 is 1. The molecule has 0 aliphatic rings. The normalized spacial score (nSPS) is 16.5. The fraction of sp³-hybridized carbons (Fsp3) is 0.923. The van der Waals surface area contributed by atoms with Crippen LogP contribution in [0.2, 0.25) is 0 Å². The van der Waals surface area contributed by atoms with Gasteiger partial charge in [0.2, 0.25) is 0 Å². The van der Waals surface area contributed by atoms with E-state index in [4.69, 9.17) is 10.00 Å². The predicted octanol–water partition coefficient (Wildman–Crippen LogP) is 1.63. The molecule has 0 saturated heterocycles. The van der Waals surface area contributed by atoms with Gasteiger partial charge in [0.1, 0.15) is 5.54 Å². The van der Waals surface area contributed by atoms with Crippen molar-refractivity contribution in [1.82, 2.24) is 10.2 Å². The molecule has 0 radical (unpaired) electrons. The van der Waals surface area contributed by atoms with Crippen LogP contribution < -0.4 is 5.32 Å². The van der Waals surface area contributed by atoms with Crippen molar-refractivity contribution in [1.29, 1.82) is 5.26 Å². The van der Waals surface area contributed by atoms with E-state index in [9.17, 15) is 0 Å². The highest BCUT2D eigenvalue weighted by Gasteiger charge is 2.20. The molecule has 0 bridgehead atoms. The number of nitrogens with one attached hydrogen (secondary N) is 1. The molecule has 0 aromatic carbocycles. The largest absolute Gasteiger partial charge is 0.383 e. The first kappa shape index (κ1) is 16.4. The fourth-order valence-electron chi connectivity index (χ4n) is 1.67. The van der Waals surface area contributed by atoms with E-state index in [0.717, 1.165) is 32.4 Å². The van der Waals surface area contributed by atoms with Gasteiger partial charge in [-0.1, -0.05) is 0 Å². The number of hydrogen-bond donors (Lipinski definition) is 1. The minimum Gasteiger partial charge on any atom is -0.383 e. The van der Waals surface area contributed by atoms with Crippen molar-refractivity contribution < 1.29 is 4.74 Å². The Morgan fingerprint density at radius 1 is 1.47 bits per heavy atom. The van der Waals surface area contributed by atoms with Crippen molar-refractivity contribution >= 4 is 0 Å². The Bertz CT molecular complexity index is 239. The highest BCUT2D eigenvalue weighted by atomic mass is 16.5. The van der Waals surface area contributed by atoms with Gasteiger partial charge in [-0.2, -0.15) is 5.26 Å². The lowest BCUT2D eigenvalue weighted by Crippen LogP contribution is -2.38. The van der Waals surface area contributed by atoms with Crippen molar-refractivity contribution in [3.8, 4) is 6.07 Å². The van der Waals surface area contributed by atoms with Gasteiger partial charge in [0.25, 0.3) is 0 Å². The maximum absolute atomic E-state index is 9.01. The van der Waals surface area contributed by atoms with Crippen molar-refractivity contribution in [3.05, 3.63) is 0 Å². The van der Waals surface area contributed by atoms with Crippen LogP contribution in [0.15, 0.2) is 0 Å². The van der Waals surface area contributed by atoms with Crippen LogP contribution >= 0.6 is 0 Å². The van der Waals surface area contributed by atoms with E-state index in [0.29, 0.717) is 6.04 Å². The summed E-state index contributed by atoms with van der Waals surface area (Å²) in [6, 6.07) is 2.77. The number of ether oxygens (including phenoxy) is 1. The van der Waals surface area contributed by atoms with Gasteiger partial charge < -0.3 is 15.0 Å². The molecule has 2 unspecified atom stereocenters. The Kier molecular flexibility index (Phi) is 8.15. The number of nitrogens with zero attached hydrogens (tertiary/aromatic N) is 2. The van der Waals surface area contributed by atoms with E-state index < -0.39 is 0 Å². The van der Waals surface area contributed by atoms with Gasteiger partial charge in [-0.25, -0.2) is 0 Å². The van der Waals surface area contributed by atoms with Crippen LogP contribution in [0.1, 0.15) is 33.1 Å². The first-order valence-electron chi connectivity index (χ1n) is 6.28. The quantitative estimate of drug-likeness (QED) is 0.623. The summed E-state index contributed by atoms with van der Waals surface area (Å²) in [5, 5.41) is 12.1. The third-order valence-corrected chi connectivity index (χ3v) is 3.40. The third kappa shape index (κ3) is 6.62. The van der Waals surface area contributed by atoms with Crippen LogP contribution in [0.4, 0.5) is 0 Å². The summed E-state index contributed by atoms with van der Waals surface area (Å²) in [7, 11) is 5.69. The SMILES string of the molecule is CNC(C)(C#N)CCCCN(C)C(C)COC. The average Bonchev–Trinajstić information content (AvgIpc) is 2.34. The lowest BCUT2D eigenvalue weighted by molar-refractivity contribution is 0.114. The number of nitriles is 1. The lowest BCUT2D eigenvalue weighted by atomic mass is 9.97. The van der Waals surface area contributed by atoms with Gasteiger partial charge in [-0.3, -0.25) is 0 Å². The van der Waals surface area contributed by atoms with Crippen LogP contribution in [0.3, 0.4) is 0 Å². The summed E-state index contributed by atoms with van der Waals surface area (Å²) in [5.41, 5.74) is -0.378. The second kappa shape index (κ2) is 8.46. The van der Waals surface area contributed by atoms with Crippen LogP contribution in [-0.2, 0) is 4.74 Å². The summed E-state index contributed by atoms with van der Waals surface area (Å²) in [6.45, 7) is 5.93. The summed E-state index contributed by atoms with van der Waals surface area (Å²) in [5.74, 6) is 0. The molecule has 0 aromatic rings. The number of rotatable bonds is 9. The second-order valence-corrected chi connectivity index (χ2v) is 4.94. The van der Waals surface area contributed by atoms with Gasteiger partial charge in [0.15, 0.2) is 0 Å². The number of hydrogen-bond acceptors (Lipinski definition) is 4. The van der Waals surface area contributed by atoms with E-state index in [-0.39, 0.29) is 5.54 Å². The molecule has 2 atom stereocenters. The Morgan fingerprint density at radius 3 is 2.59 bits per heavy atom. The predicted molar refractivity (Wildman–Crippen MR) is 70.9 cm³/mol. The standard InChI is InChI=1S/C13H27N3O/c1-12(10-17-5)16(4)9-7-6-8-13(2,11-14)15-3/h12,15H,6-10H2,1-5H3. The molecule has 0 aromatic heterocycles. The van der Waals surface area contributed by atoms with E-state index in [2.05, 4.69) is 30.3 Å². The van der Waals surface area contributed by atoms with Crippen LogP contribution in [0, 0.1) is 11.3 Å². The molecule has 100 valence electrons. The van der Waals surface area contributed by atoms with Crippen LogP contribution in [0.25, 0.3) is 0 Å². The summed E-state index contributed by atoms with van der Waals surface area (Å²) < 4.78 is 5.13. The van der Waals surface area contributed by atoms with Crippen molar-refractivity contribution in [3.63, 3.8) is 0 Å². The van der Waals surface area contributed by atoms with E-state index >= 15 is 0 Å². The summed E-state index contributed by atoms with van der Waals surface area (Å²) >= 11 is 0. The van der Waals surface area contributed by atoms with Gasteiger partial charge in [0, 0.05) is 13.2 Å². The van der Waals surface area contributed by atoms with Crippen LogP contribution in [0.5, 0.6) is 0 Å². The molecular weight excluding hydrogens is 214 g/mol. The molecule has 0 aliphatic carbocycles. The van der Waals surface area contributed by atoms with Crippen molar-refractivity contribution in [2.75, 3.05) is 34.4 Å². The Morgan fingerprint density at radius 2 is 2.12 bits per heavy atom. The van der Waals surface area contributed by atoms with E-state index in [1.165, 1.54) is 0 Å². The smallest absolute Gasteiger partial charge is 0.103 e. The van der Waals surface area contributed by atoms with Gasteiger partial charge in [-0.05, 0) is 53.8 Å². The molecular formula is C13H27N3O. The van der Waals surface area contributed by atoms with E-state index in [1.54, 1.807) is 7.11 Å². The summed E-state index contributed by atoms with van der Waals surface area (Å²) in [4.78, 5) is 2.30. The zero-order chi connectivity index (χ0) is 13.3. The molecule has 4 heteroatoms. The average molecular weight is 241 g/mol. The molecule has 0 amide bonds. The lowest BCUT2D eigenvalue weighted by Gasteiger charge is -2.25. The molecule has 17 heavy (non-hydrogen) atoms. The zero-order valence-electron chi connectivity index (χ0n) is 11.9. The fourth-order valence-corrected chi connectivity index (χ4v) is 1.67. The number of likely N-dealkylation sites (N-methyl/N-ethyl adjacent to an activating group) is 1. The first-order chi connectivity index (χ1) is 7.99. The number of unbranched alkanes of at least 4 members (excludes halogenated alkanes) is 1. The van der Waals surface area contributed by atoms with Crippen molar-refractivity contribution in [2.24, 2.45) is 0 Å². The zero-order valence-corrected chi connectivity index (χ0v) is 11.9. The topological polar surface area (TPSA) is 48.3 Å². The summed E-state index contributed by atoms with van der Waals surface area (Å²) in [6.07, 6.45) is 3.07. The minimum atomic E-state index is -0.378. The van der Waals surface area contributed by atoms with E-state index in [1.807, 2.05) is 14.0 Å². The highest BCUT2D eigenvalue weighted by Crippen LogP contribution is 2.12. The van der Waals surface area contributed by atoms with Gasteiger partial charge in [0.05, 0.1) is 12.7 Å². The molecule has 0 aliphatic heterocycles. The molecule has 0 fully saturated rings. The van der Waals surface area contributed by atoms with Gasteiger partial charge >= 0.3 is 0 Å². The second-order valence-electron chi connectivity index (χ2n) is 4.94. The molecule has 0 spiro atoms. The molecule has 4 nitrogen and oxygen atoms in total. The Labute approximate surface area is 106 Å². The Hall–Kier alpha value is -0.630. The highest BCUT2D eigenvalue weighted by molar-refractivity contribution is 5.02. The van der Waals surface area contributed by atoms with Crippen LogP contribution in [-0.4, -0.2) is 50.8 Å². The molecule has 0 rings (SSSR count). The molecule has 0 saturated carbocycles. The first-order valence-corrected chi connectivity index (χ1v) is 6.28. The van der Waals surface area contributed by atoms with Gasteiger partial charge in [-0.15, -0.1) is 0 Å². The maximum atomic E-state index is 9.01. The maximum Gasteiger partial charge on any atom is 0.103 e. The Balaban J connectivity index is 3.75. The van der Waals surface area contributed by atoms with Crippen molar-refractivity contribution in [2.45, 2.75) is 44.7 Å². The third-order valence-electron chi connectivity index (χ3n) is 3.40. The molecule has 0 heterocycles. The monoisotopic (exact) mass is 241 g/mol. The molecule has 1 N–H and O–H groups in total. The minimum absolute atomic E-state index is 0.378.